The molecule has 6 nitrogen and oxygen atoms in total. The Hall–Kier alpha value is -4.44. The minimum atomic E-state index is -0.832. The van der Waals surface area contributed by atoms with Crippen LogP contribution in [0.3, 0.4) is 0 Å². The van der Waals surface area contributed by atoms with Crippen molar-refractivity contribution in [3.05, 3.63) is 132 Å². The normalized spacial score (nSPS) is 18.5. The van der Waals surface area contributed by atoms with Crippen LogP contribution in [0.15, 0.2) is 109 Å². The maximum Gasteiger partial charge on any atom is 0.234 e. The van der Waals surface area contributed by atoms with E-state index in [0.29, 0.717) is 12.2 Å². The molecule has 0 unspecified atom stereocenters. The third-order valence-electron chi connectivity index (χ3n) is 8.73. The van der Waals surface area contributed by atoms with Gasteiger partial charge in [-0.3, -0.25) is 4.79 Å². The molecule has 204 valence electrons. The van der Waals surface area contributed by atoms with E-state index in [-0.39, 0.29) is 23.7 Å². The lowest BCUT2D eigenvalue weighted by atomic mass is 9.77. The monoisotopic (exact) mass is 559 g/mol. The van der Waals surface area contributed by atoms with E-state index < -0.39 is 5.54 Å². The molecule has 7 rings (SSSR count). The van der Waals surface area contributed by atoms with Crippen LogP contribution in [0.1, 0.15) is 35.2 Å². The number of hydrogen-bond acceptors (Lipinski definition) is 4. The van der Waals surface area contributed by atoms with E-state index >= 15 is 0 Å². The second-order valence-corrected chi connectivity index (χ2v) is 10.8. The third kappa shape index (κ3) is 4.04. The molecule has 0 bridgehead atoms. The average molecular weight is 560 g/mol. The largest absolute Gasteiger partial charge is 0.316 e. The van der Waals surface area contributed by atoms with Crippen LogP contribution in [0, 0.1) is 16.7 Å². The Bertz CT molecular complexity index is 1640. The molecule has 4 aromatic carbocycles. The van der Waals surface area contributed by atoms with Crippen LogP contribution in [0.2, 0.25) is 0 Å². The highest BCUT2D eigenvalue weighted by atomic mass is 35.5. The van der Waals surface area contributed by atoms with Gasteiger partial charge in [-0.15, -0.1) is 12.4 Å². The van der Waals surface area contributed by atoms with Gasteiger partial charge in [0.15, 0.2) is 5.69 Å². The van der Waals surface area contributed by atoms with Crippen LogP contribution in [-0.2, 0) is 10.3 Å². The maximum absolute atomic E-state index is 13.5. The quantitative estimate of drug-likeness (QED) is 0.273. The molecule has 2 aliphatic rings. The van der Waals surface area contributed by atoms with Gasteiger partial charge in [0.25, 0.3) is 0 Å². The lowest BCUT2D eigenvalue weighted by Gasteiger charge is -2.37. The number of anilines is 1. The number of benzene rings is 4. The fourth-order valence-corrected chi connectivity index (χ4v) is 6.72. The van der Waals surface area contributed by atoms with Gasteiger partial charge in [-0.2, -0.15) is 10.4 Å². The van der Waals surface area contributed by atoms with E-state index in [9.17, 15) is 10.1 Å². The minimum Gasteiger partial charge on any atom is -0.316 e. The summed E-state index contributed by atoms with van der Waals surface area (Å²) in [5.74, 6) is 0.176. The highest BCUT2D eigenvalue weighted by molar-refractivity contribution is 6.02. The zero-order valence-electron chi connectivity index (χ0n) is 22.5. The van der Waals surface area contributed by atoms with E-state index in [1.807, 2.05) is 82.4 Å². The summed E-state index contributed by atoms with van der Waals surface area (Å²) in [7, 11) is 0. The Morgan fingerprint density at radius 1 is 0.829 bits per heavy atom. The van der Waals surface area contributed by atoms with Crippen molar-refractivity contribution >= 4 is 34.9 Å². The number of carbonyl (C=O) groups excluding carboxylic acids is 1. The molecule has 2 saturated heterocycles. The molecule has 1 spiro atoms. The lowest BCUT2D eigenvalue weighted by molar-refractivity contribution is -0.124. The van der Waals surface area contributed by atoms with Gasteiger partial charge in [-0.05, 0) is 54.3 Å². The van der Waals surface area contributed by atoms with Crippen LogP contribution in [0.25, 0.3) is 10.9 Å². The van der Waals surface area contributed by atoms with Crippen molar-refractivity contribution < 1.29 is 4.79 Å². The van der Waals surface area contributed by atoms with Gasteiger partial charge in [-0.1, -0.05) is 91.0 Å². The summed E-state index contributed by atoms with van der Waals surface area (Å²) >= 11 is 0. The number of amides is 1. The second kappa shape index (κ2) is 10.5. The Morgan fingerprint density at radius 2 is 1.41 bits per heavy atom. The zero-order chi connectivity index (χ0) is 27.2. The predicted octanol–water partition coefficient (Wildman–Crippen LogP) is 5.89. The minimum absolute atomic E-state index is 0. The smallest absolute Gasteiger partial charge is 0.234 e. The topological polar surface area (TPSA) is 74.0 Å². The summed E-state index contributed by atoms with van der Waals surface area (Å²) < 4.78 is 2.00. The molecule has 1 amide bonds. The Morgan fingerprint density at radius 3 is 1.93 bits per heavy atom. The molecular weight excluding hydrogens is 530 g/mol. The van der Waals surface area contributed by atoms with E-state index in [4.69, 9.17) is 5.10 Å². The number of nitrogens with zero attached hydrogens (tertiary/aromatic N) is 4. The molecule has 5 aromatic rings. The van der Waals surface area contributed by atoms with Gasteiger partial charge in [0, 0.05) is 24.2 Å². The fraction of sp³-hybridized carbons (Fsp3) is 0.206. The van der Waals surface area contributed by atoms with Gasteiger partial charge < -0.3 is 10.2 Å². The molecule has 3 heterocycles. The average Bonchev–Trinajstić information content (AvgIpc) is 3.73. The molecule has 0 aliphatic carbocycles. The van der Waals surface area contributed by atoms with E-state index in [0.717, 1.165) is 59.2 Å². The first-order valence-corrected chi connectivity index (χ1v) is 13.8. The fourth-order valence-electron chi connectivity index (χ4n) is 6.72. The van der Waals surface area contributed by atoms with E-state index in [1.54, 1.807) is 0 Å². The predicted molar refractivity (Wildman–Crippen MR) is 163 cm³/mol. The van der Waals surface area contributed by atoms with Crippen molar-refractivity contribution in [1.29, 1.82) is 5.26 Å². The lowest BCUT2D eigenvalue weighted by Crippen LogP contribution is -2.38. The number of halogens is 1. The number of hydrogen-bond donors (Lipinski definition) is 1. The van der Waals surface area contributed by atoms with Crippen LogP contribution in [0.5, 0.6) is 0 Å². The summed E-state index contributed by atoms with van der Waals surface area (Å²) in [5.41, 5.74) is 3.97. The summed E-state index contributed by atoms with van der Waals surface area (Å²) in [6, 6.07) is 39.3. The first kappa shape index (κ1) is 26.8. The van der Waals surface area contributed by atoms with Crippen LogP contribution in [-0.4, -0.2) is 35.3 Å². The molecule has 0 radical (unpaired) electrons. The number of nitriles is 1. The Kier molecular flexibility index (Phi) is 6.86. The number of rotatable bonds is 5. The van der Waals surface area contributed by atoms with Gasteiger partial charge >= 0.3 is 0 Å². The number of nitrogens with one attached hydrogen (secondary N) is 1. The third-order valence-corrected chi connectivity index (χ3v) is 8.73. The molecule has 7 heteroatoms. The van der Waals surface area contributed by atoms with Crippen molar-refractivity contribution in [1.82, 2.24) is 15.1 Å². The van der Waals surface area contributed by atoms with E-state index in [2.05, 4.69) is 47.8 Å². The molecule has 1 aromatic heterocycles. The van der Waals surface area contributed by atoms with Gasteiger partial charge in [0.2, 0.25) is 5.91 Å². The summed E-state index contributed by atoms with van der Waals surface area (Å²) in [6.07, 6.45) is 1.72. The van der Waals surface area contributed by atoms with E-state index in [1.165, 1.54) is 0 Å². The highest BCUT2D eigenvalue weighted by Gasteiger charge is 2.49. The van der Waals surface area contributed by atoms with Crippen molar-refractivity contribution in [2.24, 2.45) is 5.41 Å². The summed E-state index contributed by atoms with van der Waals surface area (Å²) in [4.78, 5) is 15.4. The summed E-state index contributed by atoms with van der Waals surface area (Å²) in [6.45, 7) is 2.30. The molecular formula is C34H30ClN5O. The van der Waals surface area contributed by atoms with Crippen LogP contribution < -0.4 is 10.2 Å². The summed E-state index contributed by atoms with van der Waals surface area (Å²) in [5, 5.41) is 19.4. The molecule has 2 fully saturated rings. The van der Waals surface area contributed by atoms with Crippen molar-refractivity contribution in [3.63, 3.8) is 0 Å². The standard InChI is InChI=1S/C34H29N5O.ClH/c35-23-30-29-22-28(38-21-19-33(32(38)40)18-20-36-24-33)16-17-31(29)39(37-30)34(25-10-4-1-5-11-25,26-12-6-2-7-13-26)27-14-8-3-9-15-27;/h1-17,22,36H,18-21,24H2;1H/t33-;/m0./s1. The van der Waals surface area contributed by atoms with Crippen LogP contribution in [0.4, 0.5) is 5.69 Å². The van der Waals surface area contributed by atoms with Crippen LogP contribution >= 0.6 is 12.4 Å². The SMILES string of the molecule is Cl.N#Cc1nn(C(c2ccccc2)(c2ccccc2)c2ccccc2)c2ccc(N3CC[C@]4(CCNC4)C3=O)cc12. The van der Waals surface area contributed by atoms with Crippen molar-refractivity contribution in [2.45, 2.75) is 18.4 Å². The molecule has 1 atom stereocenters. The molecule has 0 saturated carbocycles. The number of carbonyl (C=O) groups is 1. The molecule has 41 heavy (non-hydrogen) atoms. The van der Waals surface area contributed by atoms with Gasteiger partial charge in [-0.25, -0.2) is 4.68 Å². The highest BCUT2D eigenvalue weighted by Crippen LogP contribution is 2.44. The number of fused-ring (bicyclic) bond motifs is 1. The van der Waals surface area contributed by atoms with Gasteiger partial charge in [0.05, 0.1) is 10.9 Å². The Labute approximate surface area is 245 Å². The molecule has 2 aliphatic heterocycles. The zero-order valence-corrected chi connectivity index (χ0v) is 23.3. The molecule has 1 N–H and O–H groups in total. The maximum atomic E-state index is 13.5. The van der Waals surface area contributed by atoms with Crippen molar-refractivity contribution in [3.8, 4) is 6.07 Å². The number of aromatic nitrogens is 2. The first-order valence-electron chi connectivity index (χ1n) is 13.8. The second-order valence-electron chi connectivity index (χ2n) is 10.8. The van der Waals surface area contributed by atoms with Crippen molar-refractivity contribution in [2.75, 3.05) is 24.5 Å². The Balaban J connectivity index is 0.00000302. The van der Waals surface area contributed by atoms with Gasteiger partial charge in [0.1, 0.15) is 11.6 Å². The first-order chi connectivity index (χ1) is 19.7.